The first-order valence-electron chi connectivity index (χ1n) is 6.61. The first-order valence-corrected chi connectivity index (χ1v) is 8.97. The van der Waals surface area contributed by atoms with Crippen molar-refractivity contribution in [2.45, 2.75) is 30.0 Å². The fraction of sp³-hybridized carbons (Fsp3) is 0.667. The van der Waals surface area contributed by atoms with Crippen LogP contribution in [0.2, 0.25) is 0 Å². The fourth-order valence-electron chi connectivity index (χ4n) is 2.19. The van der Waals surface area contributed by atoms with Crippen LogP contribution < -0.4 is 10.5 Å². The van der Waals surface area contributed by atoms with Gasteiger partial charge in [0.15, 0.2) is 0 Å². The third kappa shape index (κ3) is 4.25. The monoisotopic (exact) mass is 303 g/mol. The average Bonchev–Trinajstić information content (AvgIpc) is 3.05. The van der Waals surface area contributed by atoms with Crippen LogP contribution in [-0.2, 0) is 16.6 Å². The van der Waals surface area contributed by atoms with Gasteiger partial charge in [0, 0.05) is 13.1 Å². The van der Waals surface area contributed by atoms with Crippen LogP contribution in [0.15, 0.2) is 15.7 Å². The molecule has 1 fully saturated rings. The van der Waals surface area contributed by atoms with Crippen molar-refractivity contribution >= 4 is 21.4 Å². The van der Waals surface area contributed by atoms with Gasteiger partial charge in [0.2, 0.25) is 10.0 Å². The smallest absolute Gasteiger partial charge is 0.250 e. The van der Waals surface area contributed by atoms with Gasteiger partial charge in [-0.1, -0.05) is 0 Å². The van der Waals surface area contributed by atoms with E-state index in [-0.39, 0.29) is 0 Å². The highest BCUT2D eigenvalue weighted by atomic mass is 32.2. The summed E-state index contributed by atoms with van der Waals surface area (Å²) in [5.74, 6) is 0. The van der Waals surface area contributed by atoms with Crippen molar-refractivity contribution in [1.29, 1.82) is 0 Å². The molecule has 7 heteroatoms. The van der Waals surface area contributed by atoms with Gasteiger partial charge in [0.25, 0.3) is 0 Å². The Morgan fingerprint density at radius 1 is 1.37 bits per heavy atom. The number of nitrogens with two attached hydrogens (primary N) is 1. The second kappa shape index (κ2) is 6.81. The zero-order valence-electron chi connectivity index (χ0n) is 11.0. The Kier molecular flexibility index (Phi) is 5.35. The zero-order chi connectivity index (χ0) is 13.7. The van der Waals surface area contributed by atoms with E-state index in [1.165, 1.54) is 24.2 Å². The second-order valence-corrected chi connectivity index (χ2v) is 7.68. The highest BCUT2D eigenvalue weighted by Gasteiger charge is 2.16. The molecule has 0 atom stereocenters. The van der Waals surface area contributed by atoms with E-state index in [9.17, 15) is 8.42 Å². The number of sulfonamides is 1. The standard InChI is InChI=1S/C12H21N3O2S2/c13-9-11-8-12(18-10-11)19(16,17)14-4-3-7-15-5-1-2-6-15/h8,10,14H,1-7,9,13H2. The Hall–Kier alpha value is -0.470. The van der Waals surface area contributed by atoms with Gasteiger partial charge < -0.3 is 10.6 Å². The molecule has 1 aliphatic heterocycles. The van der Waals surface area contributed by atoms with Crippen LogP contribution in [0.3, 0.4) is 0 Å². The van der Waals surface area contributed by atoms with Gasteiger partial charge in [-0.3, -0.25) is 0 Å². The fourth-order valence-corrected chi connectivity index (χ4v) is 4.53. The minimum Gasteiger partial charge on any atom is -0.326 e. The summed E-state index contributed by atoms with van der Waals surface area (Å²) in [6, 6.07) is 1.65. The van der Waals surface area contributed by atoms with E-state index >= 15 is 0 Å². The number of nitrogens with zero attached hydrogens (tertiary/aromatic N) is 1. The summed E-state index contributed by atoms with van der Waals surface area (Å²) >= 11 is 1.22. The van der Waals surface area contributed by atoms with E-state index in [4.69, 9.17) is 5.73 Å². The number of nitrogens with one attached hydrogen (secondary N) is 1. The topological polar surface area (TPSA) is 75.4 Å². The van der Waals surface area contributed by atoms with Crippen molar-refractivity contribution < 1.29 is 8.42 Å². The molecule has 1 aromatic rings. The van der Waals surface area contributed by atoms with E-state index in [1.807, 2.05) is 0 Å². The van der Waals surface area contributed by atoms with E-state index < -0.39 is 10.0 Å². The number of likely N-dealkylation sites (tertiary alicyclic amines) is 1. The van der Waals surface area contributed by atoms with Gasteiger partial charge >= 0.3 is 0 Å². The van der Waals surface area contributed by atoms with Crippen LogP contribution >= 0.6 is 11.3 Å². The summed E-state index contributed by atoms with van der Waals surface area (Å²) < 4.78 is 27.0. The molecule has 2 heterocycles. The van der Waals surface area contributed by atoms with Crippen molar-refractivity contribution in [1.82, 2.24) is 9.62 Å². The predicted octanol–water partition coefficient (Wildman–Crippen LogP) is 0.971. The quantitative estimate of drug-likeness (QED) is 0.736. The molecule has 0 aliphatic carbocycles. The Labute approximate surface area is 118 Å². The first-order chi connectivity index (χ1) is 9.12. The summed E-state index contributed by atoms with van der Waals surface area (Å²) in [6.07, 6.45) is 3.39. The largest absolute Gasteiger partial charge is 0.326 e. The van der Waals surface area contributed by atoms with E-state index in [2.05, 4.69) is 9.62 Å². The van der Waals surface area contributed by atoms with Crippen molar-refractivity contribution in [3.05, 3.63) is 17.0 Å². The molecule has 19 heavy (non-hydrogen) atoms. The summed E-state index contributed by atoms with van der Waals surface area (Å²) in [5, 5.41) is 1.79. The Morgan fingerprint density at radius 2 is 2.11 bits per heavy atom. The van der Waals surface area contributed by atoms with Crippen LogP contribution in [0.4, 0.5) is 0 Å². The van der Waals surface area contributed by atoms with Crippen molar-refractivity contribution in [3.8, 4) is 0 Å². The lowest BCUT2D eigenvalue weighted by atomic mass is 10.4. The summed E-state index contributed by atoms with van der Waals surface area (Å²) in [7, 11) is -3.35. The molecule has 0 amide bonds. The normalized spacial score (nSPS) is 17.1. The molecule has 1 saturated heterocycles. The van der Waals surface area contributed by atoms with Gasteiger partial charge in [-0.15, -0.1) is 11.3 Å². The Balaban J connectivity index is 1.77. The van der Waals surface area contributed by atoms with Crippen LogP contribution in [0.5, 0.6) is 0 Å². The highest BCUT2D eigenvalue weighted by molar-refractivity contribution is 7.91. The molecule has 0 bridgehead atoms. The molecule has 5 nitrogen and oxygen atoms in total. The first kappa shape index (κ1) is 14.9. The molecule has 0 aromatic carbocycles. The molecule has 0 saturated carbocycles. The molecule has 0 radical (unpaired) electrons. The molecule has 0 spiro atoms. The van der Waals surface area contributed by atoms with E-state index in [1.54, 1.807) is 11.4 Å². The van der Waals surface area contributed by atoms with Crippen LogP contribution in [0.1, 0.15) is 24.8 Å². The lowest BCUT2D eigenvalue weighted by molar-refractivity contribution is 0.334. The maximum Gasteiger partial charge on any atom is 0.250 e. The number of rotatable bonds is 7. The van der Waals surface area contributed by atoms with Crippen molar-refractivity contribution in [2.75, 3.05) is 26.2 Å². The van der Waals surface area contributed by atoms with Crippen LogP contribution in [0, 0.1) is 0 Å². The molecule has 108 valence electrons. The number of thiophene rings is 1. The van der Waals surface area contributed by atoms with Crippen molar-refractivity contribution in [2.24, 2.45) is 5.73 Å². The third-order valence-electron chi connectivity index (χ3n) is 3.27. The van der Waals surface area contributed by atoms with Crippen LogP contribution in [-0.4, -0.2) is 39.5 Å². The molecule has 2 rings (SSSR count). The molecule has 3 N–H and O–H groups in total. The minimum atomic E-state index is -3.35. The van der Waals surface area contributed by atoms with Gasteiger partial charge in [-0.2, -0.15) is 0 Å². The molecule has 1 aromatic heterocycles. The number of hydrogen-bond acceptors (Lipinski definition) is 5. The average molecular weight is 303 g/mol. The lowest BCUT2D eigenvalue weighted by Gasteiger charge is -2.14. The molecule has 1 aliphatic rings. The molecule has 0 unspecified atom stereocenters. The lowest BCUT2D eigenvalue weighted by Crippen LogP contribution is -2.28. The van der Waals surface area contributed by atoms with Gasteiger partial charge in [0.05, 0.1) is 0 Å². The summed E-state index contributed by atoms with van der Waals surface area (Å²) in [6.45, 7) is 4.14. The highest BCUT2D eigenvalue weighted by Crippen LogP contribution is 2.19. The third-order valence-corrected chi connectivity index (χ3v) is 6.22. The van der Waals surface area contributed by atoms with Crippen molar-refractivity contribution in [3.63, 3.8) is 0 Å². The van der Waals surface area contributed by atoms with Gasteiger partial charge in [-0.25, -0.2) is 13.1 Å². The maximum atomic E-state index is 12.0. The SMILES string of the molecule is NCc1csc(S(=O)(=O)NCCCN2CCCC2)c1. The minimum absolute atomic E-state index is 0.356. The predicted molar refractivity (Wildman–Crippen MR) is 77.7 cm³/mol. The van der Waals surface area contributed by atoms with E-state index in [0.717, 1.165) is 31.6 Å². The second-order valence-electron chi connectivity index (χ2n) is 4.78. The maximum absolute atomic E-state index is 12.0. The van der Waals surface area contributed by atoms with Gasteiger partial charge in [0.1, 0.15) is 4.21 Å². The molecular formula is C12H21N3O2S2. The van der Waals surface area contributed by atoms with Gasteiger partial charge in [-0.05, 0) is 55.9 Å². The van der Waals surface area contributed by atoms with Crippen LogP contribution in [0.25, 0.3) is 0 Å². The number of hydrogen-bond donors (Lipinski definition) is 2. The zero-order valence-corrected chi connectivity index (χ0v) is 12.6. The summed E-state index contributed by atoms with van der Waals surface area (Å²) in [4.78, 5) is 2.38. The Morgan fingerprint density at radius 3 is 2.74 bits per heavy atom. The molecular weight excluding hydrogens is 282 g/mol. The van der Waals surface area contributed by atoms with E-state index in [0.29, 0.717) is 17.3 Å². The summed E-state index contributed by atoms with van der Waals surface area (Å²) in [5.41, 5.74) is 6.35. The Bertz CT molecular complexity index is 493.